The maximum absolute atomic E-state index is 6.49. The Morgan fingerprint density at radius 1 is 1.06 bits per heavy atom. The standard InChI is InChI=1S/C15H32O2Si/c1-6-18(7-2,16-12-13(3)4)17-15-10-8-14(5)9-11-15/h13-15H,6-12H2,1-5H3. The molecule has 0 bridgehead atoms. The van der Waals surface area contributed by atoms with Crippen LogP contribution in [0.4, 0.5) is 0 Å². The highest BCUT2D eigenvalue weighted by Gasteiger charge is 2.37. The molecule has 0 radical (unpaired) electrons. The van der Waals surface area contributed by atoms with Crippen LogP contribution in [-0.4, -0.2) is 21.3 Å². The van der Waals surface area contributed by atoms with Crippen molar-refractivity contribution in [1.82, 2.24) is 0 Å². The van der Waals surface area contributed by atoms with Crippen LogP contribution in [0.5, 0.6) is 0 Å². The summed E-state index contributed by atoms with van der Waals surface area (Å²) in [6.45, 7) is 12.1. The van der Waals surface area contributed by atoms with Gasteiger partial charge in [-0.1, -0.05) is 34.6 Å². The number of rotatable bonds is 7. The fourth-order valence-corrected chi connectivity index (χ4v) is 5.41. The van der Waals surface area contributed by atoms with Gasteiger partial charge in [-0.25, -0.2) is 0 Å². The first kappa shape index (κ1) is 16.2. The monoisotopic (exact) mass is 272 g/mol. The summed E-state index contributed by atoms with van der Waals surface area (Å²) < 4.78 is 12.7. The van der Waals surface area contributed by atoms with E-state index in [0.29, 0.717) is 12.0 Å². The molecule has 18 heavy (non-hydrogen) atoms. The molecule has 1 aliphatic carbocycles. The van der Waals surface area contributed by atoms with E-state index >= 15 is 0 Å². The molecule has 1 saturated carbocycles. The molecule has 0 aliphatic heterocycles. The lowest BCUT2D eigenvalue weighted by molar-refractivity contribution is 0.0712. The maximum atomic E-state index is 6.49. The molecule has 1 rings (SSSR count). The molecule has 0 N–H and O–H groups in total. The van der Waals surface area contributed by atoms with Crippen molar-refractivity contribution in [2.75, 3.05) is 6.61 Å². The van der Waals surface area contributed by atoms with E-state index in [1.165, 1.54) is 25.7 Å². The summed E-state index contributed by atoms with van der Waals surface area (Å²) in [5, 5.41) is 0. The van der Waals surface area contributed by atoms with E-state index in [4.69, 9.17) is 8.85 Å². The Balaban J connectivity index is 2.50. The third-order valence-corrected chi connectivity index (χ3v) is 7.71. The van der Waals surface area contributed by atoms with Gasteiger partial charge in [0.05, 0.1) is 0 Å². The highest BCUT2D eigenvalue weighted by molar-refractivity contribution is 6.67. The van der Waals surface area contributed by atoms with Crippen LogP contribution in [0.2, 0.25) is 12.1 Å². The molecule has 0 aromatic carbocycles. The van der Waals surface area contributed by atoms with Crippen molar-refractivity contribution >= 4 is 8.56 Å². The second kappa shape index (κ2) is 7.66. The van der Waals surface area contributed by atoms with Gasteiger partial charge in [-0.05, 0) is 49.6 Å². The SMILES string of the molecule is CC[Si](CC)(OCC(C)C)OC1CCC(C)CC1. The third-order valence-electron chi connectivity index (χ3n) is 4.10. The zero-order chi connectivity index (χ0) is 13.6. The summed E-state index contributed by atoms with van der Waals surface area (Å²) in [4.78, 5) is 0. The van der Waals surface area contributed by atoms with Crippen molar-refractivity contribution in [3.05, 3.63) is 0 Å². The molecule has 0 atom stereocenters. The van der Waals surface area contributed by atoms with Crippen molar-refractivity contribution in [2.24, 2.45) is 11.8 Å². The fourth-order valence-electron chi connectivity index (χ4n) is 2.62. The molecule has 0 aromatic heterocycles. The van der Waals surface area contributed by atoms with Crippen LogP contribution in [0.15, 0.2) is 0 Å². The molecule has 0 aromatic rings. The average molecular weight is 273 g/mol. The molecule has 0 heterocycles. The molecular weight excluding hydrogens is 240 g/mol. The Hall–Kier alpha value is 0.137. The van der Waals surface area contributed by atoms with Gasteiger partial charge in [0, 0.05) is 12.7 Å². The summed E-state index contributed by atoms with van der Waals surface area (Å²) in [5.41, 5.74) is 0. The minimum absolute atomic E-state index is 0.472. The van der Waals surface area contributed by atoms with Crippen LogP contribution in [0, 0.1) is 11.8 Å². The van der Waals surface area contributed by atoms with E-state index in [0.717, 1.165) is 24.6 Å². The summed E-state index contributed by atoms with van der Waals surface area (Å²) in [6, 6.07) is 2.17. The van der Waals surface area contributed by atoms with Gasteiger partial charge in [0.1, 0.15) is 0 Å². The van der Waals surface area contributed by atoms with Gasteiger partial charge in [-0.15, -0.1) is 0 Å². The predicted molar refractivity (Wildman–Crippen MR) is 80.0 cm³/mol. The molecule has 2 nitrogen and oxygen atoms in total. The Morgan fingerprint density at radius 3 is 2.06 bits per heavy atom. The minimum Gasteiger partial charge on any atom is -0.394 e. The summed E-state index contributed by atoms with van der Waals surface area (Å²) in [6.07, 6.45) is 5.60. The Morgan fingerprint density at radius 2 is 1.61 bits per heavy atom. The largest absolute Gasteiger partial charge is 0.394 e. The topological polar surface area (TPSA) is 18.5 Å². The van der Waals surface area contributed by atoms with E-state index in [1.54, 1.807) is 0 Å². The molecule has 1 aliphatic rings. The summed E-state index contributed by atoms with van der Waals surface area (Å²) in [5.74, 6) is 1.49. The fraction of sp³-hybridized carbons (Fsp3) is 1.00. The van der Waals surface area contributed by atoms with Crippen LogP contribution in [-0.2, 0) is 8.85 Å². The highest BCUT2D eigenvalue weighted by Crippen LogP contribution is 2.30. The van der Waals surface area contributed by atoms with Crippen LogP contribution < -0.4 is 0 Å². The predicted octanol–water partition coefficient (Wildman–Crippen LogP) is 4.74. The molecule has 108 valence electrons. The van der Waals surface area contributed by atoms with Crippen molar-refractivity contribution in [2.45, 2.75) is 78.5 Å². The van der Waals surface area contributed by atoms with Gasteiger partial charge in [-0.3, -0.25) is 0 Å². The van der Waals surface area contributed by atoms with Crippen LogP contribution in [0.3, 0.4) is 0 Å². The lowest BCUT2D eigenvalue weighted by atomic mass is 9.89. The van der Waals surface area contributed by atoms with Gasteiger partial charge in [-0.2, -0.15) is 0 Å². The first-order chi connectivity index (χ1) is 8.51. The van der Waals surface area contributed by atoms with Gasteiger partial charge >= 0.3 is 8.56 Å². The van der Waals surface area contributed by atoms with Crippen molar-refractivity contribution in [3.63, 3.8) is 0 Å². The van der Waals surface area contributed by atoms with E-state index < -0.39 is 8.56 Å². The molecule has 3 heteroatoms. The minimum atomic E-state index is -1.92. The molecular formula is C15H32O2Si. The Labute approximate surface area is 115 Å². The van der Waals surface area contributed by atoms with Crippen LogP contribution >= 0.6 is 0 Å². The van der Waals surface area contributed by atoms with Crippen LogP contribution in [0.25, 0.3) is 0 Å². The second-order valence-electron chi connectivity index (χ2n) is 6.32. The Bertz CT molecular complexity index is 219. The summed E-state index contributed by atoms with van der Waals surface area (Å²) >= 11 is 0. The number of hydrogen-bond donors (Lipinski definition) is 0. The Kier molecular flexibility index (Phi) is 6.89. The van der Waals surface area contributed by atoms with Crippen molar-refractivity contribution < 1.29 is 8.85 Å². The first-order valence-electron chi connectivity index (χ1n) is 7.83. The van der Waals surface area contributed by atoms with E-state index in [2.05, 4.69) is 34.6 Å². The quantitative estimate of drug-likeness (QED) is 0.623. The summed E-state index contributed by atoms with van der Waals surface area (Å²) in [7, 11) is -1.92. The average Bonchev–Trinajstić information content (AvgIpc) is 2.37. The van der Waals surface area contributed by atoms with E-state index in [1.807, 2.05) is 0 Å². The van der Waals surface area contributed by atoms with Gasteiger partial charge in [0.25, 0.3) is 0 Å². The van der Waals surface area contributed by atoms with Gasteiger partial charge < -0.3 is 8.85 Å². The molecule has 0 spiro atoms. The highest BCUT2D eigenvalue weighted by atomic mass is 28.4. The zero-order valence-electron chi connectivity index (χ0n) is 13.0. The number of hydrogen-bond acceptors (Lipinski definition) is 2. The van der Waals surface area contributed by atoms with Gasteiger partial charge in [0.15, 0.2) is 0 Å². The molecule has 0 unspecified atom stereocenters. The lowest BCUT2D eigenvalue weighted by Gasteiger charge is -2.36. The molecule has 0 amide bonds. The first-order valence-corrected chi connectivity index (χ1v) is 10.1. The van der Waals surface area contributed by atoms with Crippen LogP contribution in [0.1, 0.15) is 60.3 Å². The van der Waals surface area contributed by atoms with E-state index in [-0.39, 0.29) is 0 Å². The van der Waals surface area contributed by atoms with Gasteiger partial charge in [0.2, 0.25) is 0 Å². The third kappa shape index (κ3) is 5.02. The second-order valence-corrected chi connectivity index (χ2v) is 10.1. The molecule has 1 fully saturated rings. The normalized spacial score (nSPS) is 25.7. The van der Waals surface area contributed by atoms with Crippen molar-refractivity contribution in [3.8, 4) is 0 Å². The maximum Gasteiger partial charge on any atom is 0.337 e. The van der Waals surface area contributed by atoms with E-state index in [9.17, 15) is 0 Å². The molecule has 0 saturated heterocycles. The van der Waals surface area contributed by atoms with Crippen molar-refractivity contribution in [1.29, 1.82) is 0 Å². The lowest BCUT2D eigenvalue weighted by Crippen LogP contribution is -2.45. The smallest absolute Gasteiger partial charge is 0.337 e. The zero-order valence-corrected chi connectivity index (χ0v) is 14.0.